The Morgan fingerprint density at radius 1 is 0.875 bits per heavy atom. The highest BCUT2D eigenvalue weighted by Gasteiger charge is 2.03. The van der Waals surface area contributed by atoms with E-state index in [2.05, 4.69) is 17.6 Å². The zero-order valence-corrected chi connectivity index (χ0v) is 10.5. The van der Waals surface area contributed by atoms with Crippen LogP contribution in [-0.2, 0) is 9.59 Å². The summed E-state index contributed by atoms with van der Waals surface area (Å²) >= 11 is 0. The summed E-state index contributed by atoms with van der Waals surface area (Å²) in [6.07, 6.45) is 6.19. The van der Waals surface area contributed by atoms with Crippen molar-refractivity contribution in [3.05, 3.63) is 0 Å². The van der Waals surface area contributed by atoms with Crippen molar-refractivity contribution in [1.82, 2.24) is 10.6 Å². The van der Waals surface area contributed by atoms with E-state index in [1.807, 2.05) is 6.92 Å². The van der Waals surface area contributed by atoms with Crippen LogP contribution < -0.4 is 10.6 Å². The zero-order chi connectivity index (χ0) is 12.2. The number of rotatable bonds is 9. The van der Waals surface area contributed by atoms with E-state index in [1.54, 1.807) is 0 Å². The molecule has 0 unspecified atom stereocenters. The summed E-state index contributed by atoms with van der Waals surface area (Å²) in [5, 5.41) is 5.24. The highest BCUT2D eigenvalue weighted by atomic mass is 16.2. The van der Waals surface area contributed by atoms with Gasteiger partial charge < -0.3 is 10.6 Å². The first-order chi connectivity index (χ1) is 7.70. The zero-order valence-electron chi connectivity index (χ0n) is 10.5. The monoisotopic (exact) mass is 228 g/mol. The fraction of sp³-hybridized carbons (Fsp3) is 0.833. The second-order valence-corrected chi connectivity index (χ2v) is 3.89. The van der Waals surface area contributed by atoms with E-state index >= 15 is 0 Å². The van der Waals surface area contributed by atoms with Crippen molar-refractivity contribution in [1.29, 1.82) is 0 Å². The molecule has 0 heterocycles. The molecular formula is C12H24N2O2. The lowest BCUT2D eigenvalue weighted by molar-refractivity contribution is -0.126. The molecule has 4 nitrogen and oxygen atoms in total. The van der Waals surface area contributed by atoms with Gasteiger partial charge in [0.05, 0.1) is 6.54 Å². The van der Waals surface area contributed by atoms with Gasteiger partial charge in [0, 0.05) is 13.0 Å². The normalized spacial score (nSPS) is 9.88. The van der Waals surface area contributed by atoms with Gasteiger partial charge in [-0.3, -0.25) is 9.59 Å². The van der Waals surface area contributed by atoms with Crippen molar-refractivity contribution in [2.45, 2.75) is 52.4 Å². The number of nitrogens with one attached hydrogen (secondary N) is 2. The van der Waals surface area contributed by atoms with Crippen LogP contribution >= 0.6 is 0 Å². The molecule has 0 aromatic rings. The lowest BCUT2D eigenvalue weighted by Gasteiger charge is -2.05. The van der Waals surface area contributed by atoms with Crippen LogP contribution in [0.5, 0.6) is 0 Å². The van der Waals surface area contributed by atoms with Gasteiger partial charge in [0.1, 0.15) is 0 Å². The number of hydrogen-bond donors (Lipinski definition) is 2. The average Bonchev–Trinajstić information content (AvgIpc) is 2.26. The van der Waals surface area contributed by atoms with E-state index in [0.29, 0.717) is 13.0 Å². The Morgan fingerprint density at radius 2 is 1.56 bits per heavy atom. The third-order valence-corrected chi connectivity index (χ3v) is 2.33. The van der Waals surface area contributed by atoms with Crippen LogP contribution in [0.1, 0.15) is 52.4 Å². The number of likely N-dealkylation sites (N-methyl/N-ethyl adjacent to an activating group) is 1. The third-order valence-electron chi connectivity index (χ3n) is 2.33. The summed E-state index contributed by atoms with van der Waals surface area (Å²) in [4.78, 5) is 22.3. The molecule has 0 saturated carbocycles. The summed E-state index contributed by atoms with van der Waals surface area (Å²) in [6.45, 7) is 4.72. The van der Waals surface area contributed by atoms with Crippen LogP contribution in [-0.4, -0.2) is 24.9 Å². The summed E-state index contributed by atoms with van der Waals surface area (Å²) in [7, 11) is 0. The molecule has 0 aliphatic carbocycles. The Hall–Kier alpha value is -1.06. The third kappa shape index (κ3) is 9.49. The maximum atomic E-state index is 11.3. The first-order valence-electron chi connectivity index (χ1n) is 6.24. The Kier molecular flexibility index (Phi) is 9.76. The van der Waals surface area contributed by atoms with Crippen molar-refractivity contribution in [3.63, 3.8) is 0 Å². The summed E-state index contributed by atoms with van der Waals surface area (Å²) in [6, 6.07) is 0. The number of unbranched alkanes of at least 4 members (excludes halogenated alkanes) is 4. The fourth-order valence-electron chi connectivity index (χ4n) is 1.42. The van der Waals surface area contributed by atoms with Gasteiger partial charge in [-0.1, -0.05) is 32.6 Å². The Labute approximate surface area is 98.2 Å². The van der Waals surface area contributed by atoms with Crippen LogP contribution in [0.2, 0.25) is 0 Å². The number of carbonyl (C=O) groups is 2. The van der Waals surface area contributed by atoms with Crippen LogP contribution in [0.3, 0.4) is 0 Å². The highest BCUT2D eigenvalue weighted by molar-refractivity contribution is 5.84. The topological polar surface area (TPSA) is 58.2 Å². The quantitative estimate of drug-likeness (QED) is 0.589. The maximum Gasteiger partial charge on any atom is 0.239 e. The SMILES string of the molecule is CCCCCCCC(=O)NCC(=O)NCC. The molecule has 0 fully saturated rings. The van der Waals surface area contributed by atoms with Gasteiger partial charge in [0.15, 0.2) is 0 Å². The molecule has 0 aromatic carbocycles. The lowest BCUT2D eigenvalue weighted by Crippen LogP contribution is -2.36. The molecule has 0 bridgehead atoms. The highest BCUT2D eigenvalue weighted by Crippen LogP contribution is 2.04. The first-order valence-corrected chi connectivity index (χ1v) is 6.24. The van der Waals surface area contributed by atoms with E-state index in [1.165, 1.54) is 19.3 Å². The van der Waals surface area contributed by atoms with Gasteiger partial charge in [0.2, 0.25) is 11.8 Å². The standard InChI is InChI=1S/C12H24N2O2/c1-3-5-6-7-8-9-11(15)14-10-12(16)13-4-2/h3-10H2,1-2H3,(H,13,16)(H,14,15). The Morgan fingerprint density at radius 3 is 2.19 bits per heavy atom. The van der Waals surface area contributed by atoms with Crippen molar-refractivity contribution in [3.8, 4) is 0 Å². The molecule has 0 aliphatic rings. The van der Waals surface area contributed by atoms with Crippen molar-refractivity contribution >= 4 is 11.8 Å². The second-order valence-electron chi connectivity index (χ2n) is 3.89. The number of carbonyl (C=O) groups excluding carboxylic acids is 2. The summed E-state index contributed by atoms with van der Waals surface area (Å²) in [5.74, 6) is -0.149. The van der Waals surface area contributed by atoms with Gasteiger partial charge in [-0.2, -0.15) is 0 Å². The van der Waals surface area contributed by atoms with Crippen molar-refractivity contribution in [2.75, 3.05) is 13.1 Å². The number of amides is 2. The minimum Gasteiger partial charge on any atom is -0.355 e. The van der Waals surface area contributed by atoms with E-state index in [-0.39, 0.29) is 18.4 Å². The molecule has 0 rings (SSSR count). The van der Waals surface area contributed by atoms with Gasteiger partial charge >= 0.3 is 0 Å². The maximum absolute atomic E-state index is 11.3. The molecule has 0 aromatic heterocycles. The molecule has 0 aliphatic heterocycles. The van der Waals surface area contributed by atoms with E-state index < -0.39 is 0 Å². The molecule has 4 heteroatoms. The largest absolute Gasteiger partial charge is 0.355 e. The predicted octanol–water partition coefficient (Wildman–Crippen LogP) is 1.60. The minimum atomic E-state index is -0.123. The molecule has 0 atom stereocenters. The second kappa shape index (κ2) is 10.5. The van der Waals surface area contributed by atoms with Gasteiger partial charge in [0.25, 0.3) is 0 Å². The van der Waals surface area contributed by atoms with Crippen molar-refractivity contribution in [2.24, 2.45) is 0 Å². The summed E-state index contributed by atoms with van der Waals surface area (Å²) in [5.41, 5.74) is 0. The van der Waals surface area contributed by atoms with Crippen LogP contribution in [0.4, 0.5) is 0 Å². The molecule has 94 valence electrons. The Bertz CT molecular complexity index is 205. The van der Waals surface area contributed by atoms with Gasteiger partial charge in [-0.05, 0) is 13.3 Å². The molecule has 0 radical (unpaired) electrons. The van der Waals surface area contributed by atoms with Crippen LogP contribution in [0.15, 0.2) is 0 Å². The number of hydrogen-bond acceptors (Lipinski definition) is 2. The molecule has 0 spiro atoms. The van der Waals surface area contributed by atoms with E-state index in [4.69, 9.17) is 0 Å². The van der Waals surface area contributed by atoms with Gasteiger partial charge in [-0.15, -0.1) is 0 Å². The molecule has 2 amide bonds. The first kappa shape index (κ1) is 14.9. The van der Waals surface area contributed by atoms with Crippen LogP contribution in [0.25, 0.3) is 0 Å². The summed E-state index contributed by atoms with van der Waals surface area (Å²) < 4.78 is 0. The smallest absolute Gasteiger partial charge is 0.239 e. The minimum absolute atomic E-state index is 0.0252. The van der Waals surface area contributed by atoms with Crippen molar-refractivity contribution < 1.29 is 9.59 Å². The molecule has 2 N–H and O–H groups in total. The average molecular weight is 228 g/mol. The van der Waals surface area contributed by atoms with Crippen LogP contribution in [0, 0.1) is 0 Å². The predicted molar refractivity (Wildman–Crippen MR) is 65.1 cm³/mol. The fourth-order valence-corrected chi connectivity index (χ4v) is 1.42. The molecule has 16 heavy (non-hydrogen) atoms. The lowest BCUT2D eigenvalue weighted by atomic mass is 10.1. The Balaban J connectivity index is 3.34. The van der Waals surface area contributed by atoms with E-state index in [0.717, 1.165) is 12.8 Å². The van der Waals surface area contributed by atoms with E-state index in [9.17, 15) is 9.59 Å². The molecular weight excluding hydrogens is 204 g/mol. The van der Waals surface area contributed by atoms with Gasteiger partial charge in [-0.25, -0.2) is 0 Å². The molecule has 0 saturated heterocycles.